The molecule has 6 heteroatoms. The molecule has 0 radical (unpaired) electrons. The molecule has 0 amide bonds. The van der Waals surface area contributed by atoms with Gasteiger partial charge in [0.25, 0.3) is 5.56 Å². The number of rotatable bonds is 3. The molecule has 0 saturated carbocycles. The third kappa shape index (κ3) is 2.90. The number of nitrogens with one attached hydrogen (secondary N) is 1. The van der Waals surface area contributed by atoms with Crippen LogP contribution in [0.2, 0.25) is 0 Å². The minimum Gasteiger partial charge on any atom is -0.384 e. The van der Waals surface area contributed by atoms with Crippen LogP contribution in [0.5, 0.6) is 0 Å². The Morgan fingerprint density at radius 3 is 2.71 bits per heavy atom. The first kappa shape index (κ1) is 14.0. The van der Waals surface area contributed by atoms with E-state index >= 15 is 0 Å². The van der Waals surface area contributed by atoms with Crippen LogP contribution in [0, 0.1) is 11.6 Å². The third-order valence-electron chi connectivity index (χ3n) is 3.91. The van der Waals surface area contributed by atoms with Gasteiger partial charge >= 0.3 is 0 Å². The lowest BCUT2D eigenvalue weighted by Gasteiger charge is -2.30. The van der Waals surface area contributed by atoms with E-state index in [0.717, 1.165) is 6.42 Å². The van der Waals surface area contributed by atoms with Crippen LogP contribution in [0.4, 0.5) is 8.78 Å². The molecule has 4 nitrogen and oxygen atoms in total. The quantitative estimate of drug-likeness (QED) is 0.944. The highest BCUT2D eigenvalue weighted by Gasteiger charge is 2.26. The molecule has 1 aliphatic rings. The molecule has 2 aromatic rings. The Kier molecular flexibility index (Phi) is 3.88. The second-order valence-corrected chi connectivity index (χ2v) is 5.31. The number of hydrogen-bond acceptors (Lipinski definition) is 3. The van der Waals surface area contributed by atoms with Crippen molar-refractivity contribution in [3.8, 4) is 0 Å². The van der Waals surface area contributed by atoms with E-state index in [2.05, 4.69) is 5.32 Å². The predicted octanol–water partition coefficient (Wildman–Crippen LogP) is 2.26. The van der Waals surface area contributed by atoms with Crippen LogP contribution in [0.1, 0.15) is 24.4 Å². The molecule has 1 aromatic heterocycles. The first-order valence-electron chi connectivity index (χ1n) is 6.98. The van der Waals surface area contributed by atoms with Crippen LogP contribution in [0.15, 0.2) is 39.8 Å². The maximum Gasteiger partial charge on any atom is 0.282 e. The summed E-state index contributed by atoms with van der Waals surface area (Å²) in [4.78, 5) is 11.6. The fourth-order valence-electron chi connectivity index (χ4n) is 2.87. The summed E-state index contributed by atoms with van der Waals surface area (Å²) in [7, 11) is 0. The molecular formula is C15H16F2N2O2. The third-order valence-corrected chi connectivity index (χ3v) is 3.91. The lowest BCUT2D eigenvalue weighted by Crippen LogP contribution is -2.41. The van der Waals surface area contributed by atoms with Gasteiger partial charge in [-0.3, -0.25) is 4.79 Å². The van der Waals surface area contributed by atoms with Gasteiger partial charge in [0.1, 0.15) is 17.9 Å². The van der Waals surface area contributed by atoms with Crippen molar-refractivity contribution in [2.45, 2.75) is 31.3 Å². The van der Waals surface area contributed by atoms with E-state index in [1.54, 1.807) is 0 Å². The molecule has 0 aliphatic carbocycles. The van der Waals surface area contributed by atoms with E-state index < -0.39 is 11.6 Å². The van der Waals surface area contributed by atoms with Gasteiger partial charge in [0.05, 0.1) is 6.04 Å². The number of hydrogen-bond donors (Lipinski definition) is 1. The molecule has 2 heterocycles. The van der Waals surface area contributed by atoms with Crippen molar-refractivity contribution >= 4 is 0 Å². The molecule has 1 saturated heterocycles. The first-order chi connectivity index (χ1) is 10.1. The Labute approximate surface area is 120 Å². The first-order valence-corrected chi connectivity index (χ1v) is 6.98. The number of piperidine rings is 1. The van der Waals surface area contributed by atoms with E-state index in [9.17, 15) is 13.6 Å². The Hall–Kier alpha value is -1.95. The van der Waals surface area contributed by atoms with Crippen LogP contribution in [0.25, 0.3) is 0 Å². The van der Waals surface area contributed by atoms with Crippen molar-refractivity contribution in [3.05, 3.63) is 58.1 Å². The lowest BCUT2D eigenvalue weighted by molar-refractivity contribution is 0.160. The van der Waals surface area contributed by atoms with Crippen LogP contribution in [-0.2, 0) is 6.42 Å². The summed E-state index contributed by atoms with van der Waals surface area (Å²) in [6.45, 7) is 0.679. The van der Waals surface area contributed by atoms with E-state index in [1.807, 2.05) is 0 Å². The molecule has 21 heavy (non-hydrogen) atoms. The fraction of sp³-hybridized carbons (Fsp3) is 0.400. The monoisotopic (exact) mass is 294 g/mol. The van der Waals surface area contributed by atoms with Gasteiger partial charge in [-0.25, -0.2) is 8.78 Å². The second kappa shape index (κ2) is 5.81. The van der Waals surface area contributed by atoms with E-state index in [4.69, 9.17) is 4.52 Å². The summed E-state index contributed by atoms with van der Waals surface area (Å²) < 4.78 is 33.9. The van der Waals surface area contributed by atoms with Gasteiger partial charge in [-0.15, -0.1) is 0 Å². The summed E-state index contributed by atoms with van der Waals surface area (Å²) >= 11 is 0. The second-order valence-electron chi connectivity index (χ2n) is 5.31. The zero-order chi connectivity index (χ0) is 14.8. The highest BCUT2D eigenvalue weighted by molar-refractivity contribution is 5.21. The molecule has 0 bridgehead atoms. The minimum absolute atomic E-state index is 0.0754. The molecule has 1 aromatic carbocycles. The van der Waals surface area contributed by atoms with E-state index in [0.29, 0.717) is 13.0 Å². The molecular weight excluding hydrogens is 278 g/mol. The molecule has 0 spiro atoms. The SMILES string of the molecule is O=c1ccon1[C@H]1CCN[C@H](Cc2c(F)cccc2F)C1. The van der Waals surface area contributed by atoms with Crippen LogP contribution in [-0.4, -0.2) is 17.3 Å². The van der Waals surface area contributed by atoms with Crippen molar-refractivity contribution in [1.82, 2.24) is 10.1 Å². The van der Waals surface area contributed by atoms with Gasteiger partial charge in [0, 0.05) is 17.7 Å². The lowest BCUT2D eigenvalue weighted by atomic mass is 9.94. The zero-order valence-electron chi connectivity index (χ0n) is 11.4. The molecule has 112 valence electrons. The van der Waals surface area contributed by atoms with Crippen LogP contribution < -0.4 is 10.9 Å². The van der Waals surface area contributed by atoms with Crippen molar-refractivity contribution in [1.29, 1.82) is 0 Å². The van der Waals surface area contributed by atoms with Crippen LogP contribution >= 0.6 is 0 Å². The fourth-order valence-corrected chi connectivity index (χ4v) is 2.87. The maximum atomic E-state index is 13.7. The van der Waals surface area contributed by atoms with Crippen molar-refractivity contribution in [3.63, 3.8) is 0 Å². The number of halogens is 2. The molecule has 3 rings (SSSR count). The molecule has 2 atom stereocenters. The average molecular weight is 294 g/mol. The van der Waals surface area contributed by atoms with Gasteiger partial charge in [-0.05, 0) is 37.9 Å². The van der Waals surface area contributed by atoms with Crippen molar-refractivity contribution in [2.75, 3.05) is 6.54 Å². The van der Waals surface area contributed by atoms with Crippen LogP contribution in [0.3, 0.4) is 0 Å². The number of aromatic nitrogens is 1. The van der Waals surface area contributed by atoms with Gasteiger partial charge in [0.2, 0.25) is 0 Å². The van der Waals surface area contributed by atoms with Crippen molar-refractivity contribution in [2.24, 2.45) is 0 Å². The minimum atomic E-state index is -0.533. The molecule has 1 fully saturated rings. The largest absolute Gasteiger partial charge is 0.384 e. The van der Waals surface area contributed by atoms with Gasteiger partial charge < -0.3 is 9.84 Å². The summed E-state index contributed by atoms with van der Waals surface area (Å²) in [6, 6.07) is 5.08. The smallest absolute Gasteiger partial charge is 0.282 e. The summed E-state index contributed by atoms with van der Waals surface area (Å²) in [5.74, 6) is -1.07. The normalized spacial score (nSPS) is 22.4. The molecule has 1 aliphatic heterocycles. The average Bonchev–Trinajstić information content (AvgIpc) is 2.90. The number of benzene rings is 1. The predicted molar refractivity (Wildman–Crippen MR) is 73.1 cm³/mol. The highest BCUT2D eigenvalue weighted by Crippen LogP contribution is 2.24. The summed E-state index contributed by atoms with van der Waals surface area (Å²) in [5.41, 5.74) is -0.0971. The Morgan fingerprint density at radius 2 is 2.05 bits per heavy atom. The zero-order valence-corrected chi connectivity index (χ0v) is 11.4. The Balaban J connectivity index is 1.75. The van der Waals surface area contributed by atoms with E-state index in [-0.39, 0.29) is 29.6 Å². The topological polar surface area (TPSA) is 47.2 Å². The standard InChI is InChI=1S/C15H16F2N2O2/c16-13-2-1-3-14(17)12(13)9-10-8-11(4-6-18-10)19-15(20)5-7-21-19/h1-3,5,7,10-11,18H,4,6,8-9H2/t10-,11-/m0/s1. The highest BCUT2D eigenvalue weighted by atomic mass is 19.1. The Bertz CT molecular complexity index is 660. The van der Waals surface area contributed by atoms with Gasteiger partial charge in [-0.2, -0.15) is 4.74 Å². The van der Waals surface area contributed by atoms with Gasteiger partial charge in [0.15, 0.2) is 0 Å². The summed E-state index contributed by atoms with van der Waals surface area (Å²) in [6.07, 6.45) is 2.96. The maximum absolute atomic E-state index is 13.7. The van der Waals surface area contributed by atoms with Gasteiger partial charge in [-0.1, -0.05) is 6.07 Å². The summed E-state index contributed by atoms with van der Waals surface area (Å²) in [5, 5.41) is 3.24. The molecule has 1 N–H and O–H groups in total. The van der Waals surface area contributed by atoms with E-state index in [1.165, 1.54) is 35.3 Å². The number of nitrogens with zero attached hydrogens (tertiary/aromatic N) is 1. The Morgan fingerprint density at radius 1 is 1.29 bits per heavy atom. The molecule has 0 unspecified atom stereocenters. The van der Waals surface area contributed by atoms with Crippen molar-refractivity contribution < 1.29 is 13.3 Å².